The molecule has 0 spiro atoms. The number of rotatable bonds is 6. The Labute approximate surface area is 148 Å². The molecule has 0 radical (unpaired) electrons. The molecule has 23 heavy (non-hydrogen) atoms. The average Bonchev–Trinajstić information content (AvgIpc) is 2.54. The molecule has 0 saturated heterocycles. The maximum atomic E-state index is 12.1. The lowest BCUT2D eigenvalue weighted by molar-refractivity contribution is 0.0793. The van der Waals surface area contributed by atoms with Crippen molar-refractivity contribution in [3.8, 4) is 0 Å². The number of nitrogens with one attached hydrogen (secondary N) is 1. The highest BCUT2D eigenvalue weighted by molar-refractivity contribution is 6.55. The summed E-state index contributed by atoms with van der Waals surface area (Å²) >= 11 is 16.8. The zero-order valence-corrected chi connectivity index (χ0v) is 13.9. The molecule has 0 aromatic heterocycles. The van der Waals surface area contributed by atoms with Crippen molar-refractivity contribution in [1.82, 2.24) is 0 Å². The Morgan fingerprint density at radius 3 is 2.17 bits per heavy atom. The van der Waals surface area contributed by atoms with Gasteiger partial charge in [0.05, 0.1) is 0 Å². The van der Waals surface area contributed by atoms with Crippen LogP contribution in [-0.4, -0.2) is 27.7 Å². The first-order chi connectivity index (χ1) is 10.9. The second-order valence-corrected chi connectivity index (χ2v) is 6.20. The van der Waals surface area contributed by atoms with Gasteiger partial charge in [0.1, 0.15) is 0 Å². The van der Waals surface area contributed by atoms with E-state index in [-0.39, 0.29) is 5.56 Å². The van der Waals surface area contributed by atoms with Crippen LogP contribution in [0.1, 0.15) is 20.7 Å². The van der Waals surface area contributed by atoms with Crippen molar-refractivity contribution < 1.29 is 14.7 Å². The van der Waals surface area contributed by atoms with E-state index in [4.69, 9.17) is 34.8 Å². The Bertz CT molecular complexity index is 717. The lowest BCUT2D eigenvalue weighted by Crippen LogP contribution is -2.29. The first-order valence-electron chi connectivity index (χ1n) is 6.55. The van der Waals surface area contributed by atoms with Crippen LogP contribution in [0.2, 0.25) is 5.02 Å². The molecule has 0 aliphatic rings. The number of carbonyl (C=O) groups excluding carboxylic acids is 2. The van der Waals surface area contributed by atoms with Crippen molar-refractivity contribution in [3.63, 3.8) is 0 Å². The van der Waals surface area contributed by atoms with E-state index in [9.17, 15) is 14.7 Å². The van der Waals surface area contributed by atoms with Gasteiger partial charge in [-0.05, 0) is 36.4 Å². The summed E-state index contributed by atoms with van der Waals surface area (Å²) in [6.07, 6.45) is -1.44. The van der Waals surface area contributed by atoms with E-state index in [2.05, 4.69) is 5.32 Å². The zero-order chi connectivity index (χ0) is 17.0. The minimum Gasteiger partial charge on any atom is -0.367 e. The highest BCUT2D eigenvalue weighted by Gasteiger charge is 2.18. The molecule has 0 aliphatic carbocycles. The molecule has 2 N–H and O–H groups in total. The number of ketones is 2. The molecular formula is C16H12Cl3NO3. The Hall–Kier alpha value is -1.59. The fraction of sp³-hybridized carbons (Fsp3) is 0.125. The molecule has 1 unspecified atom stereocenters. The number of hydrogen-bond acceptors (Lipinski definition) is 4. The number of hydrogen-bond donors (Lipinski definition) is 2. The molecule has 120 valence electrons. The fourth-order valence-electron chi connectivity index (χ4n) is 1.88. The topological polar surface area (TPSA) is 66.4 Å². The van der Waals surface area contributed by atoms with Crippen LogP contribution in [0.3, 0.4) is 0 Å². The minimum atomic E-state index is -1.44. The number of carbonyl (C=O) groups is 2. The Balaban J connectivity index is 2.07. The summed E-state index contributed by atoms with van der Waals surface area (Å²) in [5.74, 6) is -0.940. The van der Waals surface area contributed by atoms with Gasteiger partial charge in [0, 0.05) is 21.8 Å². The molecule has 2 rings (SSSR count). The van der Waals surface area contributed by atoms with Crippen molar-refractivity contribution in [2.24, 2.45) is 0 Å². The van der Waals surface area contributed by atoms with Gasteiger partial charge in [-0.1, -0.05) is 46.9 Å². The number of benzene rings is 2. The molecule has 0 fully saturated rings. The number of Topliss-reactive ketones (excluding diaryl/α,β-unsaturated/α-hetero) is 2. The van der Waals surface area contributed by atoms with Gasteiger partial charge in [-0.25, -0.2) is 0 Å². The molecule has 7 heteroatoms. The van der Waals surface area contributed by atoms with E-state index in [1.165, 1.54) is 30.3 Å². The van der Waals surface area contributed by atoms with Crippen molar-refractivity contribution in [2.45, 2.75) is 11.1 Å². The second kappa shape index (κ2) is 7.79. The van der Waals surface area contributed by atoms with Crippen molar-refractivity contribution in [3.05, 3.63) is 64.7 Å². The van der Waals surface area contributed by atoms with Gasteiger partial charge in [-0.15, -0.1) is 0 Å². The highest BCUT2D eigenvalue weighted by atomic mass is 35.5. The molecule has 0 saturated carbocycles. The Morgan fingerprint density at radius 2 is 1.61 bits per heavy atom. The summed E-state index contributed by atoms with van der Waals surface area (Å²) in [5.41, 5.74) is 1.09. The summed E-state index contributed by atoms with van der Waals surface area (Å²) in [7, 11) is 0. The largest absolute Gasteiger partial charge is 0.367 e. The first kappa shape index (κ1) is 17.8. The van der Waals surface area contributed by atoms with Crippen LogP contribution >= 0.6 is 34.8 Å². The van der Waals surface area contributed by atoms with Crippen LogP contribution in [0.5, 0.6) is 0 Å². The Kier molecular flexibility index (Phi) is 6.02. The van der Waals surface area contributed by atoms with Crippen LogP contribution < -0.4 is 5.32 Å². The van der Waals surface area contributed by atoms with Gasteiger partial charge in [0.15, 0.2) is 16.8 Å². The summed E-state index contributed by atoms with van der Waals surface area (Å²) < 4.78 is 0. The zero-order valence-electron chi connectivity index (χ0n) is 11.7. The van der Waals surface area contributed by atoms with E-state index < -0.39 is 22.6 Å². The van der Waals surface area contributed by atoms with Crippen LogP contribution in [0, 0.1) is 0 Å². The number of aliphatic hydroxyl groups is 1. The van der Waals surface area contributed by atoms with Crippen LogP contribution in [-0.2, 0) is 0 Å². The molecule has 0 amide bonds. The van der Waals surface area contributed by atoms with E-state index in [0.717, 1.165) is 0 Å². The van der Waals surface area contributed by atoms with Gasteiger partial charge in [0.25, 0.3) is 0 Å². The van der Waals surface area contributed by atoms with E-state index in [1.807, 2.05) is 0 Å². The van der Waals surface area contributed by atoms with Crippen molar-refractivity contribution in [2.75, 3.05) is 5.32 Å². The molecule has 0 aliphatic heterocycles. The SMILES string of the molecule is O=C(c1ccc(NC(O)C(=O)c2cccc(Cl)c2)cc1)C(Cl)Cl. The first-order valence-corrected chi connectivity index (χ1v) is 7.80. The van der Waals surface area contributed by atoms with Gasteiger partial charge < -0.3 is 10.4 Å². The van der Waals surface area contributed by atoms with Crippen LogP contribution in [0.15, 0.2) is 48.5 Å². The van der Waals surface area contributed by atoms with Gasteiger partial charge in [0.2, 0.25) is 5.78 Å². The normalized spacial score (nSPS) is 12.0. The minimum absolute atomic E-state index is 0.288. The van der Waals surface area contributed by atoms with Crippen LogP contribution in [0.4, 0.5) is 5.69 Å². The summed E-state index contributed by atoms with van der Waals surface area (Å²) in [4.78, 5) is 22.6. The third-order valence-corrected chi connectivity index (χ3v) is 3.66. The van der Waals surface area contributed by atoms with Gasteiger partial charge in [-0.2, -0.15) is 0 Å². The highest BCUT2D eigenvalue weighted by Crippen LogP contribution is 2.17. The summed E-state index contributed by atoms with van der Waals surface area (Å²) in [6, 6.07) is 12.4. The molecule has 1 atom stereocenters. The number of alkyl halides is 2. The average molecular weight is 373 g/mol. The van der Waals surface area contributed by atoms with Crippen molar-refractivity contribution in [1.29, 1.82) is 0 Å². The predicted octanol–water partition coefficient (Wildman–Crippen LogP) is 3.94. The van der Waals surface area contributed by atoms with E-state index >= 15 is 0 Å². The molecular weight excluding hydrogens is 361 g/mol. The second-order valence-electron chi connectivity index (χ2n) is 4.66. The van der Waals surface area contributed by atoms with Gasteiger partial charge in [-0.3, -0.25) is 9.59 Å². The van der Waals surface area contributed by atoms with E-state index in [1.54, 1.807) is 18.2 Å². The molecule has 0 heterocycles. The smallest absolute Gasteiger partial charge is 0.211 e. The molecule has 0 bridgehead atoms. The standard InChI is InChI=1S/C16H12Cl3NO3/c17-11-3-1-2-10(8-11)14(22)16(23)20-12-6-4-9(5-7-12)13(21)15(18)19/h1-8,15-16,20,23H. The molecule has 4 nitrogen and oxygen atoms in total. The quantitative estimate of drug-likeness (QED) is 0.458. The lowest BCUT2D eigenvalue weighted by Gasteiger charge is -2.13. The molecule has 2 aromatic rings. The summed E-state index contributed by atoms with van der Waals surface area (Å²) in [6.45, 7) is 0. The number of halogens is 3. The lowest BCUT2D eigenvalue weighted by atomic mass is 10.1. The van der Waals surface area contributed by atoms with Crippen LogP contribution in [0.25, 0.3) is 0 Å². The third kappa shape index (κ3) is 4.69. The predicted molar refractivity (Wildman–Crippen MR) is 91.7 cm³/mol. The van der Waals surface area contributed by atoms with Gasteiger partial charge >= 0.3 is 0 Å². The third-order valence-electron chi connectivity index (χ3n) is 3.03. The fourth-order valence-corrected chi connectivity index (χ4v) is 2.32. The molecule has 2 aromatic carbocycles. The van der Waals surface area contributed by atoms with Crippen molar-refractivity contribution >= 4 is 52.1 Å². The number of aliphatic hydroxyl groups excluding tert-OH is 1. The summed E-state index contributed by atoms with van der Waals surface area (Å²) in [5, 5.41) is 13.0. The maximum absolute atomic E-state index is 12.1. The monoisotopic (exact) mass is 371 g/mol. The maximum Gasteiger partial charge on any atom is 0.211 e. The number of anilines is 1. The Morgan fingerprint density at radius 1 is 0.957 bits per heavy atom. The van der Waals surface area contributed by atoms with E-state index in [0.29, 0.717) is 16.3 Å².